The number of hydrazine groups is 3. The zero-order valence-electron chi connectivity index (χ0n) is 3.63. The highest BCUT2D eigenvalue weighted by Gasteiger charge is 2.33. The summed E-state index contributed by atoms with van der Waals surface area (Å²) in [5, 5.41) is 12.8. The average molecular weight is 124 g/mol. The smallest absolute Gasteiger partial charge is 0.213 e. The van der Waals surface area contributed by atoms with Gasteiger partial charge >= 0.3 is 15.3 Å². The van der Waals surface area contributed by atoms with E-state index in [1.54, 1.807) is 0 Å². The summed E-state index contributed by atoms with van der Waals surface area (Å²) in [6.45, 7) is 0. The predicted octanol–water partition coefficient (Wildman–Crippen LogP) is -1.67. The molecule has 8 heteroatoms. The molecule has 0 aliphatic rings. The van der Waals surface area contributed by atoms with Gasteiger partial charge in [-0.15, -0.1) is 5.84 Å². The summed E-state index contributed by atoms with van der Waals surface area (Å²) in [5.41, 5.74) is 0. The molecule has 0 unspecified atom stereocenters. The average Bonchev–Trinajstić information content (AvgIpc) is 1.64. The van der Waals surface area contributed by atoms with Gasteiger partial charge in [-0.3, -0.25) is 0 Å². The van der Waals surface area contributed by atoms with E-state index in [9.17, 15) is 9.81 Å². The second kappa shape index (κ2) is 2.02. The monoisotopic (exact) mass is 124 g/mol. The van der Waals surface area contributed by atoms with Crippen LogP contribution in [0.1, 0.15) is 0 Å². The Morgan fingerprint density at radius 2 is 1.50 bits per heavy atom. The number of hydrogen-bond donors (Lipinski definition) is 3. The van der Waals surface area contributed by atoms with Gasteiger partial charge in [-0.05, 0) is 0 Å². The Morgan fingerprint density at radius 3 is 1.50 bits per heavy atom. The third-order valence-corrected chi connectivity index (χ3v) is 0.351. The highest BCUT2D eigenvalue weighted by atomic mass is 16.8. The van der Waals surface area contributed by atoms with Crippen LogP contribution < -0.4 is 5.84 Å². The summed E-state index contributed by atoms with van der Waals surface area (Å²) in [5.74, 6) is 4.32. The summed E-state index contributed by atoms with van der Waals surface area (Å²) >= 11 is 0. The van der Waals surface area contributed by atoms with Crippen LogP contribution in [0, 0.1) is 9.81 Å². The molecular formula is H4N4O4+2. The van der Waals surface area contributed by atoms with Crippen LogP contribution in [0.5, 0.6) is 0 Å². The molecule has 0 saturated heterocycles. The van der Waals surface area contributed by atoms with Crippen LogP contribution in [-0.4, -0.2) is 25.7 Å². The van der Waals surface area contributed by atoms with Crippen molar-refractivity contribution in [2.24, 2.45) is 5.84 Å². The van der Waals surface area contributed by atoms with Gasteiger partial charge in [0.15, 0.2) is 0 Å². The molecule has 0 saturated carbocycles. The van der Waals surface area contributed by atoms with Crippen LogP contribution in [0.15, 0.2) is 0 Å². The van der Waals surface area contributed by atoms with Crippen molar-refractivity contribution in [2.45, 2.75) is 0 Å². The minimum Gasteiger partial charge on any atom is -0.213 e. The summed E-state index contributed by atoms with van der Waals surface area (Å²) in [6.07, 6.45) is 0. The van der Waals surface area contributed by atoms with Crippen LogP contribution in [0.4, 0.5) is 0 Å². The zero-order chi connectivity index (χ0) is 6.73. The van der Waals surface area contributed by atoms with Gasteiger partial charge in [-0.25, -0.2) is 10.4 Å². The Morgan fingerprint density at radius 1 is 1.25 bits per heavy atom. The molecule has 0 aromatic heterocycles. The first-order valence-electron chi connectivity index (χ1n) is 1.42. The molecule has 46 valence electrons. The molecule has 0 radical (unpaired) electrons. The third-order valence-electron chi connectivity index (χ3n) is 0.351. The summed E-state index contributed by atoms with van der Waals surface area (Å²) in [7, 11) is 0. The molecule has 0 rings (SSSR count). The van der Waals surface area contributed by atoms with Gasteiger partial charge in [0.05, 0.1) is 0 Å². The molecule has 0 heterocycles. The third kappa shape index (κ3) is 1.34. The lowest BCUT2D eigenvalue weighted by molar-refractivity contribution is -1.12. The van der Waals surface area contributed by atoms with E-state index in [1.165, 1.54) is 0 Å². The van der Waals surface area contributed by atoms with Gasteiger partial charge in [0.2, 0.25) is 0 Å². The van der Waals surface area contributed by atoms with Gasteiger partial charge in [0.25, 0.3) is 0 Å². The van der Waals surface area contributed by atoms with Crippen molar-refractivity contribution < 1.29 is 20.5 Å². The van der Waals surface area contributed by atoms with Crippen LogP contribution in [0.3, 0.4) is 0 Å². The Labute approximate surface area is 42.7 Å². The molecule has 0 aromatic rings. The van der Waals surface area contributed by atoms with Crippen LogP contribution in [-0.2, 0) is 0 Å². The molecule has 0 aliphatic heterocycles. The summed E-state index contributed by atoms with van der Waals surface area (Å²) in [6, 6.07) is 0. The predicted molar refractivity (Wildman–Crippen MR) is 16.9 cm³/mol. The zero-order valence-corrected chi connectivity index (χ0v) is 3.63. The van der Waals surface area contributed by atoms with E-state index in [1.807, 2.05) is 0 Å². The van der Waals surface area contributed by atoms with Crippen LogP contribution in [0.25, 0.3) is 0 Å². The maximum atomic E-state index is 9.46. The van der Waals surface area contributed by atoms with Crippen molar-refractivity contribution in [1.29, 1.82) is 0 Å². The first kappa shape index (κ1) is 6.56. The summed E-state index contributed by atoms with van der Waals surface area (Å²) in [4.78, 5) is 18.9. The first-order chi connectivity index (χ1) is 3.55. The minimum atomic E-state index is -1.03. The molecule has 0 aliphatic carbocycles. The highest BCUT2D eigenvalue weighted by Crippen LogP contribution is 1.69. The van der Waals surface area contributed by atoms with E-state index in [-0.39, 0.29) is 0 Å². The molecule has 4 N–H and O–H groups in total. The van der Waals surface area contributed by atoms with Gasteiger partial charge < -0.3 is 0 Å². The standard InChI is InChI=1S/H4N4O4/c1-2(3(5)6)4(7)8/h1H2,(H,5,6)(H,7,8)/q+2. The molecule has 8 heavy (non-hydrogen) atoms. The molecule has 0 aromatic carbocycles. The van der Waals surface area contributed by atoms with Crippen molar-refractivity contribution in [3.63, 3.8) is 0 Å². The molecule has 0 fully saturated rings. The second-order valence-corrected chi connectivity index (χ2v) is 0.826. The number of hydrogen-bond acceptors (Lipinski definition) is 3. The van der Waals surface area contributed by atoms with E-state index >= 15 is 0 Å². The maximum Gasteiger partial charge on any atom is 0.439 e. The Kier molecular flexibility index (Phi) is 1.66. The molecule has 0 bridgehead atoms. The molecule has 8 nitrogen and oxygen atoms in total. The SMILES string of the molecule is NN([N+](=O)O)[N+](=O)O. The van der Waals surface area contributed by atoms with E-state index in [4.69, 9.17) is 10.4 Å². The lowest BCUT2D eigenvalue weighted by atomic mass is 12.1. The van der Waals surface area contributed by atoms with Crippen molar-refractivity contribution in [2.75, 3.05) is 0 Å². The Hall–Kier alpha value is -1.44. The number of rotatable bonds is 2. The van der Waals surface area contributed by atoms with Crippen molar-refractivity contribution in [3.05, 3.63) is 9.81 Å². The fourth-order valence-corrected chi connectivity index (χ4v) is 0.0655. The lowest BCUT2D eigenvalue weighted by Crippen LogP contribution is -2.43. The quantitative estimate of drug-likeness (QED) is 0.300. The number of nitrogens with two attached hydrogens (primary N) is 1. The van der Waals surface area contributed by atoms with Crippen molar-refractivity contribution >= 4 is 0 Å². The molecular weight excluding hydrogens is 120 g/mol. The second-order valence-electron chi connectivity index (χ2n) is 0.826. The van der Waals surface area contributed by atoms with Gasteiger partial charge in [0, 0.05) is 0 Å². The maximum absolute atomic E-state index is 9.46. The minimum absolute atomic E-state index is 0.500. The largest absolute Gasteiger partial charge is 0.439 e. The van der Waals surface area contributed by atoms with Gasteiger partial charge in [-0.2, -0.15) is 0 Å². The lowest BCUT2D eigenvalue weighted by Gasteiger charge is -1.78. The molecule has 0 amide bonds. The fourth-order valence-electron chi connectivity index (χ4n) is 0.0655. The highest BCUT2D eigenvalue weighted by molar-refractivity contribution is 3.72. The number of nitrogens with zero attached hydrogens (tertiary/aromatic N) is 3. The van der Waals surface area contributed by atoms with E-state index in [2.05, 4.69) is 5.84 Å². The van der Waals surface area contributed by atoms with Crippen molar-refractivity contribution in [3.8, 4) is 0 Å². The van der Waals surface area contributed by atoms with Crippen LogP contribution >= 0.6 is 0 Å². The van der Waals surface area contributed by atoms with E-state index in [0.717, 1.165) is 0 Å². The molecule has 0 spiro atoms. The van der Waals surface area contributed by atoms with Gasteiger partial charge in [0.1, 0.15) is 9.81 Å². The first-order valence-corrected chi connectivity index (χ1v) is 1.42. The normalized spacial score (nSPS) is 8.12. The van der Waals surface area contributed by atoms with E-state index in [0.29, 0.717) is 0 Å². The fraction of sp³-hybridized carbons (Fsp3) is 0. The van der Waals surface area contributed by atoms with Crippen LogP contribution in [0.2, 0.25) is 0 Å². The Balaban J connectivity index is 3.83. The van der Waals surface area contributed by atoms with Crippen molar-refractivity contribution in [1.82, 2.24) is 5.23 Å². The van der Waals surface area contributed by atoms with E-state index < -0.39 is 15.3 Å². The Bertz CT molecular complexity index is 103. The van der Waals surface area contributed by atoms with Gasteiger partial charge in [-0.1, -0.05) is 0 Å². The topological polar surface area (TPSA) is 110 Å². The molecule has 0 atom stereocenters. The summed E-state index contributed by atoms with van der Waals surface area (Å²) < 4.78 is 0.